The maximum atomic E-state index is 12.4. The minimum absolute atomic E-state index is 0.0405. The van der Waals surface area contributed by atoms with Gasteiger partial charge in [0, 0.05) is 25.2 Å². The fourth-order valence-electron chi connectivity index (χ4n) is 2.27. The number of hydrogen-bond donors (Lipinski definition) is 2. The lowest BCUT2D eigenvalue weighted by Crippen LogP contribution is -2.34. The standard InChI is InChI=1S/C13H13F2N3O6/c14-12(15)24-10-2-1-8(18(22)23)5-9(10)16-13(21)17-4-3-7(6-17)11(19)20/h1-2,5,7,12H,3-4,6H2,(H,16,21)(H,19,20). The van der Waals surface area contributed by atoms with Gasteiger partial charge in [-0.25, -0.2) is 4.79 Å². The van der Waals surface area contributed by atoms with Crippen LogP contribution in [0.1, 0.15) is 6.42 Å². The Morgan fingerprint density at radius 3 is 2.71 bits per heavy atom. The zero-order valence-corrected chi connectivity index (χ0v) is 12.1. The number of ether oxygens (including phenoxy) is 1. The number of nitro groups is 1. The van der Waals surface area contributed by atoms with Gasteiger partial charge in [0.25, 0.3) is 5.69 Å². The predicted molar refractivity (Wildman–Crippen MR) is 76.1 cm³/mol. The number of halogens is 2. The summed E-state index contributed by atoms with van der Waals surface area (Å²) in [6.45, 7) is -3.05. The molecule has 0 radical (unpaired) electrons. The van der Waals surface area contributed by atoms with E-state index in [1.54, 1.807) is 0 Å². The number of carboxylic acids is 1. The number of benzene rings is 1. The van der Waals surface area contributed by atoms with E-state index in [1.165, 1.54) is 4.90 Å². The van der Waals surface area contributed by atoms with Gasteiger partial charge in [-0.1, -0.05) is 0 Å². The van der Waals surface area contributed by atoms with Gasteiger partial charge < -0.3 is 20.1 Å². The Morgan fingerprint density at radius 2 is 2.17 bits per heavy atom. The summed E-state index contributed by atoms with van der Waals surface area (Å²) in [7, 11) is 0. The van der Waals surface area contributed by atoms with Crippen LogP contribution in [0.2, 0.25) is 0 Å². The van der Waals surface area contributed by atoms with Crippen LogP contribution >= 0.6 is 0 Å². The van der Waals surface area contributed by atoms with E-state index in [2.05, 4.69) is 10.1 Å². The first-order valence-corrected chi connectivity index (χ1v) is 6.80. The highest BCUT2D eigenvalue weighted by Crippen LogP contribution is 2.31. The Bertz CT molecular complexity index is 669. The van der Waals surface area contributed by atoms with Crippen molar-refractivity contribution in [3.05, 3.63) is 28.3 Å². The lowest BCUT2D eigenvalue weighted by Gasteiger charge is -2.18. The maximum Gasteiger partial charge on any atom is 0.387 e. The Hall–Kier alpha value is -2.98. The number of likely N-dealkylation sites (tertiary alicyclic amines) is 1. The van der Waals surface area contributed by atoms with Gasteiger partial charge in [0.05, 0.1) is 16.5 Å². The van der Waals surface area contributed by atoms with Crippen molar-refractivity contribution in [1.82, 2.24) is 4.90 Å². The van der Waals surface area contributed by atoms with Crippen LogP contribution < -0.4 is 10.1 Å². The minimum atomic E-state index is -3.18. The summed E-state index contributed by atoms with van der Waals surface area (Å²) in [6, 6.07) is 2.05. The monoisotopic (exact) mass is 345 g/mol. The number of nitro benzene ring substituents is 1. The summed E-state index contributed by atoms with van der Waals surface area (Å²) < 4.78 is 29.0. The summed E-state index contributed by atoms with van der Waals surface area (Å²) in [5.41, 5.74) is -0.718. The van der Waals surface area contributed by atoms with E-state index >= 15 is 0 Å². The van der Waals surface area contributed by atoms with Gasteiger partial charge in [-0.15, -0.1) is 0 Å². The number of urea groups is 1. The van der Waals surface area contributed by atoms with E-state index in [4.69, 9.17) is 5.11 Å². The maximum absolute atomic E-state index is 12.4. The van der Waals surface area contributed by atoms with Crippen molar-refractivity contribution in [2.45, 2.75) is 13.0 Å². The van der Waals surface area contributed by atoms with Crippen LogP contribution in [0, 0.1) is 16.0 Å². The van der Waals surface area contributed by atoms with Crippen LogP contribution in [0.3, 0.4) is 0 Å². The summed E-state index contributed by atoms with van der Waals surface area (Å²) >= 11 is 0. The van der Waals surface area contributed by atoms with Gasteiger partial charge in [-0.3, -0.25) is 14.9 Å². The fraction of sp³-hybridized carbons (Fsp3) is 0.385. The highest BCUT2D eigenvalue weighted by Gasteiger charge is 2.31. The second kappa shape index (κ2) is 7.06. The number of alkyl halides is 2. The number of carbonyl (C=O) groups is 2. The van der Waals surface area contributed by atoms with Crippen molar-refractivity contribution in [3.63, 3.8) is 0 Å². The van der Waals surface area contributed by atoms with Crippen LogP contribution in [0.5, 0.6) is 5.75 Å². The summed E-state index contributed by atoms with van der Waals surface area (Å²) in [6.07, 6.45) is 0.262. The summed E-state index contributed by atoms with van der Waals surface area (Å²) in [5, 5.41) is 21.9. The molecule has 1 unspecified atom stereocenters. The number of non-ortho nitro benzene ring substituents is 1. The van der Waals surface area contributed by atoms with Gasteiger partial charge in [0.1, 0.15) is 5.75 Å². The molecule has 1 aliphatic rings. The molecule has 24 heavy (non-hydrogen) atoms. The topological polar surface area (TPSA) is 122 Å². The third kappa shape index (κ3) is 4.06. The lowest BCUT2D eigenvalue weighted by atomic mass is 10.1. The van der Waals surface area contributed by atoms with Gasteiger partial charge in [0.2, 0.25) is 0 Å². The molecule has 11 heteroatoms. The number of anilines is 1. The molecule has 1 heterocycles. The molecule has 1 aromatic carbocycles. The highest BCUT2D eigenvalue weighted by atomic mass is 19.3. The normalized spacial score (nSPS) is 17.0. The number of carboxylic acid groups (broad SMARTS) is 1. The molecule has 1 aromatic rings. The molecule has 2 amide bonds. The first-order valence-electron chi connectivity index (χ1n) is 6.80. The number of carbonyl (C=O) groups excluding carboxylic acids is 1. The lowest BCUT2D eigenvalue weighted by molar-refractivity contribution is -0.384. The van der Waals surface area contributed by atoms with Crippen molar-refractivity contribution in [2.75, 3.05) is 18.4 Å². The fourth-order valence-corrected chi connectivity index (χ4v) is 2.27. The van der Waals surface area contributed by atoms with E-state index in [9.17, 15) is 28.5 Å². The molecule has 1 fully saturated rings. The summed E-state index contributed by atoms with van der Waals surface area (Å²) in [5.74, 6) is -2.18. The molecular weight excluding hydrogens is 332 g/mol. The average Bonchev–Trinajstić information content (AvgIpc) is 2.98. The first kappa shape index (κ1) is 17.4. The van der Waals surface area contributed by atoms with Gasteiger partial charge in [-0.05, 0) is 12.5 Å². The van der Waals surface area contributed by atoms with Crippen molar-refractivity contribution >= 4 is 23.4 Å². The second-order valence-electron chi connectivity index (χ2n) is 5.02. The highest BCUT2D eigenvalue weighted by molar-refractivity contribution is 5.92. The zero-order valence-electron chi connectivity index (χ0n) is 12.1. The van der Waals surface area contributed by atoms with E-state index in [0.717, 1.165) is 18.2 Å². The quantitative estimate of drug-likeness (QED) is 0.623. The average molecular weight is 345 g/mol. The number of amides is 2. The van der Waals surface area contributed by atoms with Crippen LogP contribution in [-0.2, 0) is 4.79 Å². The molecule has 2 rings (SSSR count). The van der Waals surface area contributed by atoms with Crippen LogP contribution in [0.15, 0.2) is 18.2 Å². The number of hydrogen-bond acceptors (Lipinski definition) is 5. The van der Waals surface area contributed by atoms with E-state index in [1.807, 2.05) is 0 Å². The van der Waals surface area contributed by atoms with Gasteiger partial charge in [0.15, 0.2) is 0 Å². The molecule has 1 saturated heterocycles. The summed E-state index contributed by atoms with van der Waals surface area (Å²) in [4.78, 5) is 34.2. The Labute approximate surface area is 134 Å². The molecule has 2 N–H and O–H groups in total. The Kier molecular flexibility index (Phi) is 5.11. The molecule has 0 aromatic heterocycles. The van der Waals surface area contributed by atoms with E-state index in [0.29, 0.717) is 0 Å². The molecule has 0 aliphatic carbocycles. The van der Waals surface area contributed by atoms with E-state index in [-0.39, 0.29) is 25.2 Å². The predicted octanol–water partition coefficient (Wildman–Crippen LogP) is 2.13. The molecule has 1 aliphatic heterocycles. The third-order valence-corrected chi connectivity index (χ3v) is 3.46. The molecule has 130 valence electrons. The SMILES string of the molecule is O=C(O)C1CCN(C(=O)Nc2cc([N+](=O)[O-])ccc2OC(F)F)C1. The molecule has 0 spiro atoms. The smallest absolute Gasteiger partial charge is 0.387 e. The number of rotatable bonds is 5. The van der Waals surface area contributed by atoms with Crippen LogP contribution in [0.25, 0.3) is 0 Å². The molecular formula is C13H13F2N3O6. The molecule has 0 bridgehead atoms. The zero-order chi connectivity index (χ0) is 17.9. The van der Waals surface area contributed by atoms with Crippen LogP contribution in [0.4, 0.5) is 25.0 Å². The minimum Gasteiger partial charge on any atom is -0.481 e. The van der Waals surface area contributed by atoms with Crippen molar-refractivity contribution in [3.8, 4) is 5.75 Å². The van der Waals surface area contributed by atoms with Gasteiger partial charge >= 0.3 is 18.6 Å². The molecule has 9 nitrogen and oxygen atoms in total. The van der Waals surface area contributed by atoms with Crippen molar-refractivity contribution < 1.29 is 33.1 Å². The third-order valence-electron chi connectivity index (χ3n) is 3.46. The number of nitrogens with one attached hydrogen (secondary N) is 1. The van der Waals surface area contributed by atoms with Gasteiger partial charge in [-0.2, -0.15) is 8.78 Å². The first-order chi connectivity index (χ1) is 11.3. The van der Waals surface area contributed by atoms with Crippen LogP contribution in [-0.4, -0.2) is 46.6 Å². The molecule has 1 atom stereocenters. The number of aliphatic carboxylic acids is 1. The Balaban J connectivity index is 2.17. The second-order valence-corrected chi connectivity index (χ2v) is 5.02. The largest absolute Gasteiger partial charge is 0.481 e. The van der Waals surface area contributed by atoms with Crippen molar-refractivity contribution in [1.29, 1.82) is 0 Å². The Morgan fingerprint density at radius 1 is 1.46 bits per heavy atom. The number of nitrogens with zero attached hydrogens (tertiary/aromatic N) is 2. The van der Waals surface area contributed by atoms with E-state index < -0.39 is 40.9 Å². The molecule has 0 saturated carbocycles. The van der Waals surface area contributed by atoms with Crippen molar-refractivity contribution in [2.24, 2.45) is 5.92 Å².